The minimum atomic E-state index is -0.301. The zero-order valence-electron chi connectivity index (χ0n) is 14.9. The fourth-order valence-electron chi connectivity index (χ4n) is 2.91. The summed E-state index contributed by atoms with van der Waals surface area (Å²) in [5.74, 6) is -0.450. The molecule has 6 heteroatoms. The third kappa shape index (κ3) is 3.64. The molecule has 2 heterocycles. The first kappa shape index (κ1) is 17.8. The Balaban J connectivity index is 1.92. The molecular weight excluding hydrogens is 331 g/mol. The molecule has 0 unspecified atom stereocenters. The lowest BCUT2D eigenvalue weighted by Gasteiger charge is -2.09. The summed E-state index contributed by atoms with van der Waals surface area (Å²) in [6.07, 6.45) is 4.67. The molecule has 0 atom stereocenters. The molecule has 1 N–H and O–H groups in total. The van der Waals surface area contributed by atoms with E-state index in [0.29, 0.717) is 24.9 Å². The predicted molar refractivity (Wildman–Crippen MR) is 97.7 cm³/mol. The number of halogens is 1. The molecule has 5 nitrogen and oxygen atoms in total. The van der Waals surface area contributed by atoms with E-state index in [1.807, 2.05) is 26.0 Å². The fraction of sp³-hybridized carbons (Fsp3) is 0.250. The quantitative estimate of drug-likeness (QED) is 0.739. The number of hydrogen-bond donors (Lipinski definition) is 1. The molecule has 0 spiro atoms. The van der Waals surface area contributed by atoms with Gasteiger partial charge in [0.15, 0.2) is 0 Å². The summed E-state index contributed by atoms with van der Waals surface area (Å²) in [7, 11) is 0. The maximum Gasteiger partial charge on any atom is 0.255 e. The largest absolute Gasteiger partial charge is 0.348 e. The van der Waals surface area contributed by atoms with E-state index in [1.165, 1.54) is 12.1 Å². The molecule has 26 heavy (non-hydrogen) atoms. The Morgan fingerprint density at radius 2 is 1.77 bits per heavy atom. The van der Waals surface area contributed by atoms with Crippen molar-refractivity contribution in [3.05, 3.63) is 77.1 Å². The van der Waals surface area contributed by atoms with Gasteiger partial charge in [0.05, 0.1) is 22.6 Å². The second-order valence-corrected chi connectivity index (χ2v) is 5.90. The number of aromatic nitrogens is 3. The Kier molecular flexibility index (Phi) is 5.41. The summed E-state index contributed by atoms with van der Waals surface area (Å²) in [4.78, 5) is 16.8. The van der Waals surface area contributed by atoms with Crippen molar-refractivity contribution in [1.29, 1.82) is 0 Å². The lowest BCUT2D eigenvalue weighted by atomic mass is 10.1. The molecule has 0 saturated carbocycles. The molecule has 2 aromatic heterocycles. The lowest BCUT2D eigenvalue weighted by Crippen LogP contribution is -2.24. The van der Waals surface area contributed by atoms with Gasteiger partial charge in [-0.3, -0.25) is 9.78 Å². The number of aryl methyl sites for hydroxylation is 1. The SMILES string of the molecule is CCc1nn(-c2ccc(F)cc2)c(CC)c1C(=O)NCc1ccncc1. The first-order valence-corrected chi connectivity index (χ1v) is 8.67. The van der Waals surface area contributed by atoms with Crippen molar-refractivity contribution >= 4 is 5.91 Å². The number of nitrogens with one attached hydrogen (secondary N) is 1. The Morgan fingerprint density at radius 3 is 2.38 bits per heavy atom. The van der Waals surface area contributed by atoms with Crippen LogP contribution in [0.3, 0.4) is 0 Å². The standard InChI is InChI=1S/C20H21FN4O/c1-3-17-19(20(26)23-13-14-9-11-22-12-10-14)18(4-2)25(24-17)16-7-5-15(21)6-8-16/h5-12H,3-4,13H2,1-2H3,(H,23,26). The van der Waals surface area contributed by atoms with E-state index in [2.05, 4.69) is 15.4 Å². The van der Waals surface area contributed by atoms with Crippen LogP contribution in [0.5, 0.6) is 0 Å². The maximum atomic E-state index is 13.2. The van der Waals surface area contributed by atoms with Crippen LogP contribution in [-0.2, 0) is 19.4 Å². The molecular formula is C20H21FN4O. The van der Waals surface area contributed by atoms with Gasteiger partial charge in [0.1, 0.15) is 5.82 Å². The van der Waals surface area contributed by atoms with Crippen LogP contribution in [-0.4, -0.2) is 20.7 Å². The van der Waals surface area contributed by atoms with Gasteiger partial charge < -0.3 is 5.32 Å². The summed E-state index contributed by atoms with van der Waals surface area (Å²) >= 11 is 0. The summed E-state index contributed by atoms with van der Waals surface area (Å²) in [6.45, 7) is 4.38. The van der Waals surface area contributed by atoms with Gasteiger partial charge in [-0.1, -0.05) is 13.8 Å². The summed E-state index contributed by atoms with van der Waals surface area (Å²) < 4.78 is 15.0. The molecule has 0 radical (unpaired) electrons. The molecule has 3 rings (SSSR count). The van der Waals surface area contributed by atoms with E-state index in [4.69, 9.17) is 0 Å². The van der Waals surface area contributed by atoms with Crippen LogP contribution in [0, 0.1) is 5.82 Å². The monoisotopic (exact) mass is 352 g/mol. The average Bonchev–Trinajstić information content (AvgIpc) is 3.06. The Morgan fingerprint density at radius 1 is 1.08 bits per heavy atom. The number of benzene rings is 1. The molecule has 0 bridgehead atoms. The second kappa shape index (κ2) is 7.91. The van der Waals surface area contributed by atoms with E-state index in [9.17, 15) is 9.18 Å². The van der Waals surface area contributed by atoms with Gasteiger partial charge in [-0.25, -0.2) is 9.07 Å². The molecule has 0 aliphatic carbocycles. The summed E-state index contributed by atoms with van der Waals surface area (Å²) in [5.41, 5.74) is 3.88. The van der Waals surface area contributed by atoms with Crippen molar-refractivity contribution < 1.29 is 9.18 Å². The Hall–Kier alpha value is -3.02. The zero-order chi connectivity index (χ0) is 18.5. The molecule has 134 valence electrons. The van der Waals surface area contributed by atoms with Gasteiger partial charge in [-0.15, -0.1) is 0 Å². The van der Waals surface area contributed by atoms with Crippen molar-refractivity contribution in [2.45, 2.75) is 33.2 Å². The van der Waals surface area contributed by atoms with Gasteiger partial charge in [0, 0.05) is 18.9 Å². The number of carbonyl (C=O) groups is 1. The van der Waals surface area contributed by atoms with Crippen LogP contribution in [0.2, 0.25) is 0 Å². The molecule has 0 saturated heterocycles. The third-order valence-electron chi connectivity index (χ3n) is 4.22. The highest BCUT2D eigenvalue weighted by Gasteiger charge is 2.22. The molecule has 0 fully saturated rings. The smallest absolute Gasteiger partial charge is 0.255 e. The van der Waals surface area contributed by atoms with Crippen LogP contribution < -0.4 is 5.32 Å². The van der Waals surface area contributed by atoms with Crippen molar-refractivity contribution in [3.8, 4) is 5.69 Å². The number of pyridine rings is 1. The van der Waals surface area contributed by atoms with Gasteiger partial charge >= 0.3 is 0 Å². The van der Waals surface area contributed by atoms with Gasteiger partial charge in [0.25, 0.3) is 5.91 Å². The van der Waals surface area contributed by atoms with Crippen molar-refractivity contribution in [2.75, 3.05) is 0 Å². The second-order valence-electron chi connectivity index (χ2n) is 5.90. The lowest BCUT2D eigenvalue weighted by molar-refractivity contribution is 0.0949. The molecule has 3 aromatic rings. The van der Waals surface area contributed by atoms with Crippen molar-refractivity contribution in [1.82, 2.24) is 20.1 Å². The number of amides is 1. The van der Waals surface area contributed by atoms with E-state index in [-0.39, 0.29) is 11.7 Å². The molecule has 1 aromatic carbocycles. The summed E-state index contributed by atoms with van der Waals surface area (Å²) in [6, 6.07) is 9.85. The van der Waals surface area contributed by atoms with Gasteiger partial charge in [-0.2, -0.15) is 5.10 Å². The highest BCUT2D eigenvalue weighted by Crippen LogP contribution is 2.21. The van der Waals surface area contributed by atoms with Crippen LogP contribution in [0.15, 0.2) is 48.8 Å². The van der Waals surface area contributed by atoms with Crippen LogP contribution in [0.1, 0.15) is 41.2 Å². The van der Waals surface area contributed by atoms with Crippen LogP contribution >= 0.6 is 0 Å². The minimum absolute atomic E-state index is 0.149. The number of rotatable bonds is 6. The predicted octanol–water partition coefficient (Wildman–Crippen LogP) is 3.46. The third-order valence-corrected chi connectivity index (χ3v) is 4.22. The van der Waals surface area contributed by atoms with Crippen LogP contribution in [0.4, 0.5) is 4.39 Å². The van der Waals surface area contributed by atoms with E-state index in [0.717, 1.165) is 22.6 Å². The van der Waals surface area contributed by atoms with Gasteiger partial charge in [0.2, 0.25) is 0 Å². The topological polar surface area (TPSA) is 59.8 Å². The zero-order valence-corrected chi connectivity index (χ0v) is 14.9. The van der Waals surface area contributed by atoms with E-state index in [1.54, 1.807) is 29.2 Å². The highest BCUT2D eigenvalue weighted by atomic mass is 19.1. The molecule has 1 amide bonds. The number of hydrogen-bond acceptors (Lipinski definition) is 3. The molecule has 0 aliphatic rings. The number of nitrogens with zero attached hydrogens (tertiary/aromatic N) is 3. The maximum absolute atomic E-state index is 13.2. The van der Waals surface area contributed by atoms with Crippen molar-refractivity contribution in [3.63, 3.8) is 0 Å². The Labute approximate surface area is 151 Å². The first-order chi connectivity index (χ1) is 12.6. The van der Waals surface area contributed by atoms with Gasteiger partial charge in [-0.05, 0) is 54.8 Å². The van der Waals surface area contributed by atoms with Crippen LogP contribution in [0.25, 0.3) is 5.69 Å². The fourth-order valence-corrected chi connectivity index (χ4v) is 2.91. The highest BCUT2D eigenvalue weighted by molar-refractivity contribution is 5.96. The first-order valence-electron chi connectivity index (χ1n) is 8.67. The minimum Gasteiger partial charge on any atom is -0.348 e. The number of carbonyl (C=O) groups excluding carboxylic acids is 1. The van der Waals surface area contributed by atoms with E-state index >= 15 is 0 Å². The Bertz CT molecular complexity index is 888. The normalized spacial score (nSPS) is 10.7. The molecule has 0 aliphatic heterocycles. The summed E-state index contributed by atoms with van der Waals surface area (Å²) in [5, 5.41) is 7.56. The van der Waals surface area contributed by atoms with E-state index < -0.39 is 0 Å². The van der Waals surface area contributed by atoms with Crippen molar-refractivity contribution in [2.24, 2.45) is 0 Å². The average molecular weight is 352 g/mol.